The van der Waals surface area contributed by atoms with Gasteiger partial charge in [0.1, 0.15) is 0 Å². The van der Waals surface area contributed by atoms with Crippen LogP contribution >= 0.6 is 0 Å². The summed E-state index contributed by atoms with van der Waals surface area (Å²) in [4.78, 5) is 11.9. The van der Waals surface area contributed by atoms with Gasteiger partial charge in [-0.3, -0.25) is 0 Å². The molecule has 1 atom stereocenters. The van der Waals surface area contributed by atoms with Crippen LogP contribution in [0.1, 0.15) is 0 Å². The minimum Gasteiger partial charge on any atom is 1.00 e. The predicted molar refractivity (Wildman–Crippen MR) is 41.9 cm³/mol. The Morgan fingerprint density at radius 1 is 1.25 bits per heavy atom. The van der Waals surface area contributed by atoms with E-state index in [1.807, 2.05) is 23.2 Å². The van der Waals surface area contributed by atoms with E-state index in [0.717, 1.165) is 0 Å². The van der Waals surface area contributed by atoms with Crippen molar-refractivity contribution in [3.63, 3.8) is 0 Å². The summed E-state index contributed by atoms with van der Waals surface area (Å²) in [7, 11) is 0. The van der Waals surface area contributed by atoms with Crippen molar-refractivity contribution in [1.82, 2.24) is 0 Å². The second-order valence-electron chi connectivity index (χ2n) is 1.97. The molecule has 0 bridgehead atoms. The van der Waals surface area contributed by atoms with Crippen molar-refractivity contribution >= 4 is 20.9 Å². The molecule has 0 aromatic rings. The third kappa shape index (κ3) is 4.77. The zero-order valence-corrected chi connectivity index (χ0v) is 11.6. The average Bonchev–Trinajstić information content (AvgIpc) is 1.84. The molecule has 0 aromatic heterocycles. The Morgan fingerprint density at radius 2 is 1.92 bits per heavy atom. The molecule has 0 spiro atoms. The second kappa shape index (κ2) is 7.27. The topological polar surface area (TPSA) is 40.1 Å². The van der Waals surface area contributed by atoms with Crippen molar-refractivity contribution < 1.29 is 61.3 Å². The van der Waals surface area contributed by atoms with Crippen LogP contribution in [0.2, 0.25) is 4.82 Å². The molecule has 1 unspecified atom stereocenters. The van der Waals surface area contributed by atoms with Crippen LogP contribution < -0.4 is 56.5 Å². The van der Waals surface area contributed by atoms with Gasteiger partial charge in [-0.1, -0.05) is 0 Å². The first-order valence-electron chi connectivity index (χ1n) is 3.17. The van der Waals surface area contributed by atoms with E-state index in [2.05, 4.69) is 0 Å². The third-order valence-electron chi connectivity index (χ3n) is 1.16. The molecular formula is C8H7KO2Se. The SMILES string of the molecule is O=C([O-])C1C=CC=CC=C[Se]1.[K+]. The van der Waals surface area contributed by atoms with Gasteiger partial charge in [0.15, 0.2) is 0 Å². The van der Waals surface area contributed by atoms with Crippen LogP contribution in [0.25, 0.3) is 0 Å². The molecule has 1 heterocycles. The number of carbonyl (C=O) groups excluding carboxylic acids is 1. The molecule has 0 fully saturated rings. The van der Waals surface area contributed by atoms with Gasteiger partial charge in [0.2, 0.25) is 0 Å². The number of rotatable bonds is 1. The summed E-state index contributed by atoms with van der Waals surface area (Å²) in [6, 6.07) is 0. The molecule has 4 heteroatoms. The maximum absolute atomic E-state index is 10.4. The number of carbonyl (C=O) groups is 1. The van der Waals surface area contributed by atoms with E-state index in [9.17, 15) is 9.90 Å². The Labute approximate surface area is 120 Å². The fourth-order valence-corrected chi connectivity index (χ4v) is 2.00. The summed E-state index contributed by atoms with van der Waals surface area (Å²) in [6.45, 7) is 0. The number of carboxylic acids is 1. The van der Waals surface area contributed by atoms with E-state index in [1.165, 1.54) is 0 Å². The molecule has 1 aliphatic rings. The fraction of sp³-hybridized carbons (Fsp3) is 0.125. The zero-order valence-electron chi connectivity index (χ0n) is 6.77. The summed E-state index contributed by atoms with van der Waals surface area (Å²) >= 11 is -0.0138. The van der Waals surface area contributed by atoms with Gasteiger partial charge in [-0.05, 0) is 0 Å². The minimum absolute atomic E-state index is 0. The monoisotopic (exact) mass is 254 g/mol. The van der Waals surface area contributed by atoms with Gasteiger partial charge in [0, 0.05) is 0 Å². The zero-order chi connectivity index (χ0) is 8.10. The number of carboxylic acid groups (broad SMARTS) is 1. The van der Waals surface area contributed by atoms with Crippen molar-refractivity contribution in [2.24, 2.45) is 0 Å². The van der Waals surface area contributed by atoms with E-state index in [0.29, 0.717) is 0 Å². The molecule has 12 heavy (non-hydrogen) atoms. The smallest absolute Gasteiger partial charge is 1.00 e. The summed E-state index contributed by atoms with van der Waals surface area (Å²) < 4.78 is 0. The first kappa shape index (κ1) is 12.8. The third-order valence-corrected chi connectivity index (χ3v) is 3.16. The van der Waals surface area contributed by atoms with Crippen molar-refractivity contribution in [1.29, 1.82) is 0 Å². The van der Waals surface area contributed by atoms with Gasteiger partial charge in [-0.2, -0.15) is 0 Å². The van der Waals surface area contributed by atoms with E-state index in [4.69, 9.17) is 0 Å². The molecule has 58 valence electrons. The van der Waals surface area contributed by atoms with Crippen molar-refractivity contribution in [2.45, 2.75) is 4.82 Å². The minimum atomic E-state index is -0.985. The first-order valence-corrected chi connectivity index (χ1v) is 5.15. The van der Waals surface area contributed by atoms with Gasteiger partial charge in [0.25, 0.3) is 0 Å². The standard InChI is InChI=1S/C8H8O2Se.K/c9-8(10)7-5-3-1-2-4-6-11-7;/h1-7H,(H,9,10);/q;+1/p-1. The van der Waals surface area contributed by atoms with Crippen LogP contribution in [0.15, 0.2) is 35.4 Å². The Balaban J connectivity index is 0.00000121. The molecule has 0 radical (unpaired) electrons. The molecule has 0 amide bonds. The molecule has 0 aliphatic carbocycles. The van der Waals surface area contributed by atoms with Gasteiger partial charge < -0.3 is 0 Å². The van der Waals surface area contributed by atoms with Crippen LogP contribution in [0.3, 0.4) is 0 Å². The van der Waals surface area contributed by atoms with Gasteiger partial charge in [-0.15, -0.1) is 0 Å². The van der Waals surface area contributed by atoms with Crippen LogP contribution in [0.5, 0.6) is 0 Å². The summed E-state index contributed by atoms with van der Waals surface area (Å²) in [5.41, 5.74) is 0. The Bertz CT molecular complexity index is 233. The van der Waals surface area contributed by atoms with Crippen LogP contribution in [0.4, 0.5) is 0 Å². The predicted octanol–water partition coefficient (Wildman–Crippen LogP) is -3.13. The molecule has 2 nitrogen and oxygen atoms in total. The Morgan fingerprint density at radius 3 is 2.58 bits per heavy atom. The quantitative estimate of drug-likeness (QED) is 0.464. The molecule has 0 N–H and O–H groups in total. The van der Waals surface area contributed by atoms with E-state index in [1.54, 1.807) is 12.2 Å². The van der Waals surface area contributed by atoms with Crippen LogP contribution in [-0.4, -0.2) is 20.9 Å². The van der Waals surface area contributed by atoms with E-state index >= 15 is 0 Å². The second-order valence-corrected chi connectivity index (χ2v) is 4.18. The molecule has 0 saturated heterocycles. The number of allylic oxidation sites excluding steroid dienone is 4. The summed E-state index contributed by atoms with van der Waals surface area (Å²) in [5, 5.41) is 10.4. The Kier molecular flexibility index (Phi) is 7.78. The van der Waals surface area contributed by atoms with Crippen LogP contribution in [0, 0.1) is 0 Å². The maximum atomic E-state index is 10.4. The average molecular weight is 253 g/mol. The van der Waals surface area contributed by atoms with Gasteiger partial charge in [-0.25, -0.2) is 0 Å². The van der Waals surface area contributed by atoms with Crippen LogP contribution in [-0.2, 0) is 4.79 Å². The fourth-order valence-electron chi connectivity index (χ4n) is 0.648. The normalized spacial score (nSPS) is 20.8. The number of hydrogen-bond donors (Lipinski definition) is 0. The van der Waals surface area contributed by atoms with E-state index in [-0.39, 0.29) is 66.3 Å². The number of aliphatic carboxylic acids is 1. The largest absolute Gasteiger partial charge is 1.00 e. The van der Waals surface area contributed by atoms with Gasteiger partial charge in [0.05, 0.1) is 0 Å². The van der Waals surface area contributed by atoms with E-state index < -0.39 is 10.8 Å². The molecule has 1 rings (SSSR count). The van der Waals surface area contributed by atoms with Crippen molar-refractivity contribution in [3.8, 4) is 0 Å². The van der Waals surface area contributed by atoms with Crippen molar-refractivity contribution in [2.75, 3.05) is 0 Å². The Hall–Kier alpha value is 0.846. The molecule has 0 aromatic carbocycles. The summed E-state index contributed by atoms with van der Waals surface area (Å²) in [5.74, 6) is -0.985. The molecular weight excluding hydrogens is 246 g/mol. The summed E-state index contributed by atoms with van der Waals surface area (Å²) in [6.07, 6.45) is 8.95. The molecule has 1 aliphatic heterocycles. The number of hydrogen-bond acceptors (Lipinski definition) is 2. The molecule has 0 saturated carbocycles. The van der Waals surface area contributed by atoms with Crippen molar-refractivity contribution in [3.05, 3.63) is 35.4 Å². The van der Waals surface area contributed by atoms with Gasteiger partial charge >= 0.3 is 122 Å². The maximum Gasteiger partial charge on any atom is 1.00 e. The first-order chi connectivity index (χ1) is 5.30.